The van der Waals surface area contributed by atoms with Crippen LogP contribution < -0.4 is 5.56 Å². The number of aromatic nitrogens is 2. The van der Waals surface area contributed by atoms with E-state index in [1.54, 1.807) is 11.8 Å². The second-order valence-electron chi connectivity index (χ2n) is 8.16. The monoisotopic (exact) mass is 422 g/mol. The third-order valence-electron chi connectivity index (χ3n) is 6.25. The topological polar surface area (TPSA) is 55.1 Å². The van der Waals surface area contributed by atoms with E-state index in [1.807, 2.05) is 11.5 Å². The molecule has 1 N–H and O–H groups in total. The minimum absolute atomic E-state index is 0.0757. The summed E-state index contributed by atoms with van der Waals surface area (Å²) in [5.74, 6) is 0. The summed E-state index contributed by atoms with van der Waals surface area (Å²) in [6, 6.07) is 8.64. The van der Waals surface area contributed by atoms with Gasteiger partial charge in [-0.1, -0.05) is 19.8 Å². The first-order valence-electron chi connectivity index (χ1n) is 10.9. The summed E-state index contributed by atoms with van der Waals surface area (Å²) in [5, 5.41) is 10.5. The molecule has 3 heterocycles. The summed E-state index contributed by atoms with van der Waals surface area (Å²) in [6.45, 7) is 4.88. The van der Waals surface area contributed by atoms with E-state index in [-0.39, 0.29) is 12.2 Å². The molecule has 158 valence electrons. The molecule has 0 fully saturated rings. The Morgan fingerprint density at radius 1 is 1.17 bits per heavy atom. The van der Waals surface area contributed by atoms with Gasteiger partial charge in [0.1, 0.15) is 0 Å². The Bertz CT molecular complexity index is 1150. The SMILES string of the molecule is CCCCCc1c2c(nc3ccc(SC)cc13)-c1cc(CCCO)c(C)c(=O)n1C2. The van der Waals surface area contributed by atoms with Gasteiger partial charge in [-0.05, 0) is 74.3 Å². The van der Waals surface area contributed by atoms with Gasteiger partial charge in [-0.15, -0.1) is 11.8 Å². The quantitative estimate of drug-likeness (QED) is 0.317. The molecule has 0 aliphatic carbocycles. The average Bonchev–Trinajstić information content (AvgIpc) is 3.13. The first-order chi connectivity index (χ1) is 14.6. The maximum absolute atomic E-state index is 13.1. The fourth-order valence-electron chi connectivity index (χ4n) is 4.54. The van der Waals surface area contributed by atoms with Gasteiger partial charge in [0.25, 0.3) is 5.56 Å². The Hall–Kier alpha value is -2.11. The highest BCUT2D eigenvalue weighted by Gasteiger charge is 2.27. The van der Waals surface area contributed by atoms with Crippen LogP contribution in [-0.2, 0) is 19.4 Å². The van der Waals surface area contributed by atoms with Crippen molar-refractivity contribution in [2.24, 2.45) is 0 Å². The molecule has 3 aromatic rings. The van der Waals surface area contributed by atoms with E-state index >= 15 is 0 Å². The van der Waals surface area contributed by atoms with Crippen LogP contribution in [-0.4, -0.2) is 27.5 Å². The third-order valence-corrected chi connectivity index (χ3v) is 6.98. The zero-order chi connectivity index (χ0) is 21.3. The fourth-order valence-corrected chi connectivity index (χ4v) is 4.97. The molecular weight excluding hydrogens is 392 g/mol. The van der Waals surface area contributed by atoms with Crippen LogP contribution in [0.25, 0.3) is 22.3 Å². The number of rotatable bonds is 8. The van der Waals surface area contributed by atoms with E-state index < -0.39 is 0 Å². The minimum atomic E-state index is 0.0757. The molecule has 2 aromatic heterocycles. The average molecular weight is 423 g/mol. The zero-order valence-electron chi connectivity index (χ0n) is 18.1. The molecule has 1 aromatic carbocycles. The van der Waals surface area contributed by atoms with Crippen LogP contribution in [0.4, 0.5) is 0 Å². The highest BCUT2D eigenvalue weighted by molar-refractivity contribution is 7.98. The number of benzene rings is 1. The number of unbranched alkanes of at least 4 members (excludes halogenated alkanes) is 2. The lowest BCUT2D eigenvalue weighted by Gasteiger charge is -2.13. The van der Waals surface area contributed by atoms with Crippen molar-refractivity contribution >= 4 is 22.7 Å². The second-order valence-corrected chi connectivity index (χ2v) is 9.04. The molecule has 0 amide bonds. The molecule has 5 heteroatoms. The summed E-state index contributed by atoms with van der Waals surface area (Å²) in [5.41, 5.74) is 7.38. The lowest BCUT2D eigenvalue weighted by molar-refractivity contribution is 0.288. The minimum Gasteiger partial charge on any atom is -0.396 e. The summed E-state index contributed by atoms with van der Waals surface area (Å²) in [4.78, 5) is 19.4. The standard InChI is InChI=1S/C25H30N2O2S/c1-4-5-6-9-19-20-14-18(30-3)10-11-22(20)26-24-21(19)15-27-23(24)13-17(8-7-12-28)16(2)25(27)29/h10-11,13-14,28H,4-9,12,15H2,1-3H3. The summed E-state index contributed by atoms with van der Waals surface area (Å²) < 4.78 is 1.90. The molecule has 0 radical (unpaired) electrons. The van der Waals surface area contributed by atoms with Gasteiger partial charge >= 0.3 is 0 Å². The van der Waals surface area contributed by atoms with E-state index in [0.29, 0.717) is 13.0 Å². The molecule has 0 bridgehead atoms. The van der Waals surface area contributed by atoms with E-state index in [9.17, 15) is 9.90 Å². The molecule has 0 unspecified atom stereocenters. The number of fused-ring (bicyclic) bond motifs is 4. The molecule has 0 spiro atoms. The van der Waals surface area contributed by atoms with Gasteiger partial charge in [-0.2, -0.15) is 0 Å². The maximum atomic E-state index is 13.1. The van der Waals surface area contributed by atoms with Gasteiger partial charge < -0.3 is 9.67 Å². The molecule has 0 saturated carbocycles. The van der Waals surface area contributed by atoms with Crippen LogP contribution in [0.1, 0.15) is 54.9 Å². The Morgan fingerprint density at radius 3 is 2.73 bits per heavy atom. The second kappa shape index (κ2) is 8.94. The number of pyridine rings is 2. The van der Waals surface area contributed by atoms with Crippen molar-refractivity contribution in [3.8, 4) is 11.4 Å². The van der Waals surface area contributed by atoms with Crippen molar-refractivity contribution in [1.29, 1.82) is 0 Å². The summed E-state index contributed by atoms with van der Waals surface area (Å²) in [7, 11) is 0. The van der Waals surface area contributed by atoms with Gasteiger partial charge in [0, 0.05) is 28.0 Å². The Labute approximate surface area is 182 Å². The van der Waals surface area contributed by atoms with Crippen LogP contribution >= 0.6 is 11.8 Å². The smallest absolute Gasteiger partial charge is 0.254 e. The lowest BCUT2D eigenvalue weighted by Crippen LogP contribution is -2.23. The van der Waals surface area contributed by atoms with Crippen LogP contribution in [0.3, 0.4) is 0 Å². The lowest BCUT2D eigenvalue weighted by atomic mass is 9.95. The van der Waals surface area contributed by atoms with Crippen LogP contribution in [0, 0.1) is 6.92 Å². The maximum Gasteiger partial charge on any atom is 0.254 e. The molecular formula is C25H30N2O2S. The van der Waals surface area contributed by atoms with Gasteiger partial charge in [-0.3, -0.25) is 4.79 Å². The fraction of sp³-hybridized carbons (Fsp3) is 0.440. The van der Waals surface area contributed by atoms with Crippen LogP contribution in [0.5, 0.6) is 0 Å². The first kappa shape index (κ1) is 21.1. The predicted octanol–water partition coefficient (Wildman–Crippen LogP) is 5.11. The number of hydrogen-bond acceptors (Lipinski definition) is 4. The van der Waals surface area contributed by atoms with E-state index in [4.69, 9.17) is 4.98 Å². The summed E-state index contributed by atoms with van der Waals surface area (Å²) >= 11 is 1.75. The van der Waals surface area contributed by atoms with E-state index in [2.05, 4.69) is 37.4 Å². The van der Waals surface area contributed by atoms with Crippen molar-refractivity contribution in [3.05, 3.63) is 56.9 Å². The molecule has 4 nitrogen and oxygen atoms in total. The largest absolute Gasteiger partial charge is 0.396 e. The number of aliphatic hydroxyl groups is 1. The van der Waals surface area contributed by atoms with Gasteiger partial charge in [0.05, 0.1) is 23.4 Å². The molecule has 1 aliphatic heterocycles. The number of nitrogens with zero attached hydrogens (tertiary/aromatic N) is 2. The molecule has 0 saturated heterocycles. The highest BCUT2D eigenvalue weighted by Crippen LogP contribution is 2.37. The van der Waals surface area contributed by atoms with Gasteiger partial charge in [0.2, 0.25) is 0 Å². The number of aliphatic hydroxyl groups excluding tert-OH is 1. The third kappa shape index (κ3) is 3.69. The predicted molar refractivity (Wildman–Crippen MR) is 126 cm³/mol. The first-order valence-corrected chi connectivity index (χ1v) is 12.2. The van der Waals surface area contributed by atoms with Gasteiger partial charge in [0.15, 0.2) is 0 Å². The Kier molecular flexibility index (Phi) is 6.30. The van der Waals surface area contributed by atoms with E-state index in [1.165, 1.54) is 34.3 Å². The van der Waals surface area contributed by atoms with Crippen molar-refractivity contribution < 1.29 is 5.11 Å². The van der Waals surface area contributed by atoms with Crippen LogP contribution in [0.2, 0.25) is 0 Å². The number of thioether (sulfide) groups is 1. The zero-order valence-corrected chi connectivity index (χ0v) is 18.9. The number of aryl methyl sites for hydroxylation is 2. The molecule has 4 rings (SSSR count). The molecule has 1 aliphatic rings. The van der Waals surface area contributed by atoms with Crippen molar-refractivity contribution in [2.45, 2.75) is 63.8 Å². The Balaban J connectivity index is 1.91. The van der Waals surface area contributed by atoms with Crippen LogP contribution in [0.15, 0.2) is 34.0 Å². The summed E-state index contributed by atoms with van der Waals surface area (Å²) in [6.07, 6.45) is 8.05. The van der Waals surface area contributed by atoms with Crippen molar-refractivity contribution in [1.82, 2.24) is 9.55 Å². The molecule has 0 atom stereocenters. The normalized spacial score (nSPS) is 12.4. The molecule has 30 heavy (non-hydrogen) atoms. The Morgan fingerprint density at radius 2 is 2.00 bits per heavy atom. The van der Waals surface area contributed by atoms with Crippen molar-refractivity contribution in [2.75, 3.05) is 12.9 Å². The van der Waals surface area contributed by atoms with E-state index in [0.717, 1.165) is 47.3 Å². The van der Waals surface area contributed by atoms with Crippen molar-refractivity contribution in [3.63, 3.8) is 0 Å². The van der Waals surface area contributed by atoms with Gasteiger partial charge in [-0.25, -0.2) is 4.98 Å². The number of hydrogen-bond donors (Lipinski definition) is 1. The highest BCUT2D eigenvalue weighted by atomic mass is 32.2.